The number of hydrogen-bond acceptors (Lipinski definition) is 5. The van der Waals surface area contributed by atoms with Gasteiger partial charge in [-0.25, -0.2) is 0 Å². The summed E-state index contributed by atoms with van der Waals surface area (Å²) >= 11 is 0. The van der Waals surface area contributed by atoms with Crippen LogP contribution in [0.25, 0.3) is 0 Å². The minimum Gasteiger partial charge on any atom is -0.498 e. The number of hydrogen-bond donors (Lipinski definition) is 1. The molecule has 0 amide bonds. The topological polar surface area (TPSA) is 57.4 Å². The van der Waals surface area contributed by atoms with Crippen LogP contribution in [0.4, 0.5) is 0 Å². The SMILES string of the molecule is C=C(/C=C(\C)OCC)N=CC1CCN(CC(O)/C(=C/C)C(=C)N=C(C)C)CC1. The molecule has 0 spiro atoms. The fourth-order valence-corrected chi connectivity index (χ4v) is 3.26. The Labute approximate surface area is 170 Å². The summed E-state index contributed by atoms with van der Waals surface area (Å²) in [6, 6.07) is 0. The summed E-state index contributed by atoms with van der Waals surface area (Å²) in [5.74, 6) is 1.27. The van der Waals surface area contributed by atoms with Gasteiger partial charge in [-0.1, -0.05) is 19.2 Å². The maximum atomic E-state index is 10.6. The van der Waals surface area contributed by atoms with Gasteiger partial charge in [-0.3, -0.25) is 9.98 Å². The van der Waals surface area contributed by atoms with Crippen LogP contribution in [0.5, 0.6) is 0 Å². The van der Waals surface area contributed by atoms with Crippen molar-refractivity contribution in [3.8, 4) is 0 Å². The van der Waals surface area contributed by atoms with E-state index in [0.29, 0.717) is 30.5 Å². The van der Waals surface area contributed by atoms with E-state index in [1.165, 1.54) is 0 Å². The number of allylic oxidation sites excluding steroid dienone is 3. The molecule has 1 aliphatic rings. The monoisotopic (exact) mass is 387 g/mol. The molecule has 1 heterocycles. The fraction of sp³-hybridized carbons (Fsp3) is 0.565. The highest BCUT2D eigenvalue weighted by Crippen LogP contribution is 2.20. The molecule has 0 radical (unpaired) electrons. The number of piperidine rings is 1. The Hall–Kier alpha value is -1.98. The first-order valence-corrected chi connectivity index (χ1v) is 10.1. The summed E-state index contributed by atoms with van der Waals surface area (Å²) in [6.45, 7) is 20.7. The first-order valence-electron chi connectivity index (χ1n) is 10.1. The summed E-state index contributed by atoms with van der Waals surface area (Å²) in [5, 5.41) is 10.6. The second-order valence-corrected chi connectivity index (χ2v) is 7.36. The summed E-state index contributed by atoms with van der Waals surface area (Å²) < 4.78 is 5.40. The molecule has 156 valence electrons. The Bertz CT molecular complexity index is 647. The number of ether oxygens (including phenoxy) is 1. The lowest BCUT2D eigenvalue weighted by Gasteiger charge is -2.32. The molecule has 5 nitrogen and oxygen atoms in total. The Morgan fingerprint density at radius 2 is 1.89 bits per heavy atom. The molecule has 5 heteroatoms. The summed E-state index contributed by atoms with van der Waals surface area (Å²) in [4.78, 5) is 11.1. The predicted octanol–water partition coefficient (Wildman–Crippen LogP) is 4.52. The third-order valence-corrected chi connectivity index (χ3v) is 4.62. The molecule has 0 bridgehead atoms. The molecule has 1 fully saturated rings. The number of aliphatic imine (C=N–C) groups is 2. The zero-order valence-electron chi connectivity index (χ0n) is 18.2. The maximum Gasteiger partial charge on any atom is 0.0949 e. The molecule has 0 aromatic heterocycles. The quantitative estimate of drug-likeness (QED) is 0.340. The van der Waals surface area contributed by atoms with Crippen molar-refractivity contribution in [1.29, 1.82) is 0 Å². The molecule has 1 rings (SSSR count). The van der Waals surface area contributed by atoms with Crippen LogP contribution in [-0.2, 0) is 4.74 Å². The van der Waals surface area contributed by atoms with Gasteiger partial charge in [0.05, 0.1) is 29.9 Å². The molecule has 0 aromatic rings. The average Bonchev–Trinajstić information content (AvgIpc) is 2.61. The van der Waals surface area contributed by atoms with E-state index < -0.39 is 6.10 Å². The van der Waals surface area contributed by atoms with E-state index in [-0.39, 0.29) is 0 Å². The van der Waals surface area contributed by atoms with Gasteiger partial charge < -0.3 is 14.7 Å². The zero-order chi connectivity index (χ0) is 21.1. The van der Waals surface area contributed by atoms with Gasteiger partial charge in [0.2, 0.25) is 0 Å². The second kappa shape index (κ2) is 12.5. The summed E-state index contributed by atoms with van der Waals surface area (Å²) in [7, 11) is 0. The smallest absolute Gasteiger partial charge is 0.0949 e. The Kier molecular flexibility index (Phi) is 10.7. The van der Waals surface area contributed by atoms with Crippen LogP contribution >= 0.6 is 0 Å². The molecule has 0 saturated carbocycles. The molecule has 28 heavy (non-hydrogen) atoms. The van der Waals surface area contributed by atoms with Crippen LogP contribution in [0.1, 0.15) is 47.5 Å². The molecule has 1 N–H and O–H groups in total. The van der Waals surface area contributed by atoms with Gasteiger partial charge in [0.25, 0.3) is 0 Å². The Morgan fingerprint density at radius 1 is 1.25 bits per heavy atom. The maximum absolute atomic E-state index is 10.6. The van der Waals surface area contributed by atoms with Crippen molar-refractivity contribution in [1.82, 2.24) is 4.90 Å². The number of aliphatic hydroxyl groups excluding tert-OH is 1. The van der Waals surface area contributed by atoms with E-state index in [1.807, 2.05) is 53.0 Å². The highest BCUT2D eigenvalue weighted by molar-refractivity contribution is 5.80. The molecular weight excluding hydrogens is 350 g/mol. The highest BCUT2D eigenvalue weighted by Gasteiger charge is 2.22. The number of nitrogens with zero attached hydrogens (tertiary/aromatic N) is 3. The number of likely N-dealkylation sites (tertiary alicyclic amines) is 1. The normalized spacial score (nSPS) is 18.2. The third-order valence-electron chi connectivity index (χ3n) is 4.62. The average molecular weight is 388 g/mol. The van der Waals surface area contributed by atoms with E-state index in [0.717, 1.165) is 43.0 Å². The van der Waals surface area contributed by atoms with E-state index in [1.54, 1.807) is 0 Å². The van der Waals surface area contributed by atoms with Crippen molar-refractivity contribution in [2.24, 2.45) is 15.9 Å². The number of β-amino-alcohol motifs (C(OH)–C–C–N with tert-alkyl or cyclic N) is 1. The van der Waals surface area contributed by atoms with E-state index in [4.69, 9.17) is 4.74 Å². The first-order chi connectivity index (χ1) is 13.3. The number of rotatable bonds is 10. The van der Waals surface area contributed by atoms with Gasteiger partial charge in [0.1, 0.15) is 0 Å². The third kappa shape index (κ3) is 8.81. The van der Waals surface area contributed by atoms with Gasteiger partial charge in [-0.2, -0.15) is 0 Å². The van der Waals surface area contributed by atoms with Crippen molar-refractivity contribution in [3.05, 3.63) is 48.0 Å². The molecule has 1 atom stereocenters. The summed E-state index contributed by atoms with van der Waals surface area (Å²) in [5.41, 5.74) is 3.10. The molecule has 1 unspecified atom stereocenters. The van der Waals surface area contributed by atoms with Crippen LogP contribution in [0, 0.1) is 5.92 Å². The van der Waals surface area contributed by atoms with Crippen molar-refractivity contribution in [3.63, 3.8) is 0 Å². The molecule has 0 aromatic carbocycles. The van der Waals surface area contributed by atoms with Crippen molar-refractivity contribution in [2.75, 3.05) is 26.2 Å². The molecule has 1 aliphatic heterocycles. The lowest BCUT2D eigenvalue weighted by atomic mass is 9.97. The van der Waals surface area contributed by atoms with Gasteiger partial charge in [0.15, 0.2) is 0 Å². The Balaban J connectivity index is 2.50. The van der Waals surface area contributed by atoms with Crippen LogP contribution < -0.4 is 0 Å². The standard InChI is InChI=1S/C23H37N3O2/c1-8-22(20(7)25-17(3)4)23(27)16-26-12-10-21(11-13-26)15-24-18(5)14-19(6)28-9-2/h8,14-15,21,23,27H,5,7,9-13,16H2,1-4,6H3/b19-14+,22-8+,24-15?. The van der Waals surface area contributed by atoms with Gasteiger partial charge in [-0.15, -0.1) is 0 Å². The highest BCUT2D eigenvalue weighted by atomic mass is 16.5. The van der Waals surface area contributed by atoms with E-state index in [9.17, 15) is 5.11 Å². The van der Waals surface area contributed by atoms with Crippen molar-refractivity contribution >= 4 is 11.9 Å². The van der Waals surface area contributed by atoms with Crippen LogP contribution in [-0.4, -0.2) is 54.3 Å². The van der Waals surface area contributed by atoms with Crippen LogP contribution in [0.3, 0.4) is 0 Å². The molecular formula is C23H37N3O2. The molecule has 0 aliphatic carbocycles. The van der Waals surface area contributed by atoms with Gasteiger partial charge in [0, 0.05) is 30.1 Å². The van der Waals surface area contributed by atoms with Crippen LogP contribution in [0.15, 0.2) is 58.0 Å². The fourth-order valence-electron chi connectivity index (χ4n) is 3.26. The minimum atomic E-state index is -0.572. The Morgan fingerprint density at radius 3 is 2.43 bits per heavy atom. The van der Waals surface area contributed by atoms with Gasteiger partial charge >= 0.3 is 0 Å². The molecule has 1 saturated heterocycles. The van der Waals surface area contributed by atoms with E-state index in [2.05, 4.69) is 28.0 Å². The predicted molar refractivity (Wildman–Crippen MR) is 120 cm³/mol. The lowest BCUT2D eigenvalue weighted by molar-refractivity contribution is 0.119. The zero-order valence-corrected chi connectivity index (χ0v) is 18.2. The van der Waals surface area contributed by atoms with Crippen molar-refractivity contribution in [2.45, 2.75) is 53.6 Å². The minimum absolute atomic E-state index is 0.439. The van der Waals surface area contributed by atoms with Crippen molar-refractivity contribution < 1.29 is 9.84 Å². The van der Waals surface area contributed by atoms with Gasteiger partial charge in [-0.05, 0) is 66.5 Å². The van der Waals surface area contributed by atoms with Crippen LogP contribution in [0.2, 0.25) is 0 Å². The number of aliphatic hydroxyl groups is 1. The summed E-state index contributed by atoms with van der Waals surface area (Å²) in [6.07, 6.45) is 7.24. The second-order valence-electron chi connectivity index (χ2n) is 7.36. The lowest BCUT2D eigenvalue weighted by Crippen LogP contribution is -2.39. The van der Waals surface area contributed by atoms with E-state index >= 15 is 0 Å². The largest absolute Gasteiger partial charge is 0.498 e. The first kappa shape index (κ1) is 24.1.